The number of para-hydroxylation sites is 2. The van der Waals surface area contributed by atoms with Crippen molar-refractivity contribution in [1.82, 2.24) is 14.1 Å². The maximum atomic E-state index is 13.1. The van der Waals surface area contributed by atoms with Crippen molar-refractivity contribution in [2.24, 2.45) is 7.05 Å². The first-order valence-electron chi connectivity index (χ1n) is 8.90. The Kier molecular flexibility index (Phi) is 5.67. The van der Waals surface area contributed by atoms with E-state index in [-0.39, 0.29) is 16.6 Å². The Balaban J connectivity index is 2.11. The predicted molar refractivity (Wildman–Crippen MR) is 109 cm³/mol. The SMILES string of the molecule is COC(=O)c1cc(C)nc2c1c(=O)n(CC(=O)Nc1ccccc1OC)c(=O)n2C. The Morgan fingerprint density at radius 2 is 1.87 bits per heavy atom. The highest BCUT2D eigenvalue weighted by atomic mass is 16.5. The van der Waals surface area contributed by atoms with E-state index in [2.05, 4.69) is 10.3 Å². The summed E-state index contributed by atoms with van der Waals surface area (Å²) in [4.78, 5) is 54.8. The van der Waals surface area contributed by atoms with Crippen LogP contribution in [0.4, 0.5) is 5.69 Å². The second kappa shape index (κ2) is 8.19. The minimum Gasteiger partial charge on any atom is -0.495 e. The number of fused-ring (bicyclic) bond motifs is 1. The van der Waals surface area contributed by atoms with E-state index in [1.54, 1.807) is 31.2 Å². The molecule has 0 fully saturated rings. The zero-order valence-corrected chi connectivity index (χ0v) is 16.9. The van der Waals surface area contributed by atoms with Crippen LogP contribution in [0.3, 0.4) is 0 Å². The number of ether oxygens (including phenoxy) is 2. The van der Waals surface area contributed by atoms with Crippen molar-refractivity contribution in [2.45, 2.75) is 13.5 Å². The maximum absolute atomic E-state index is 13.1. The van der Waals surface area contributed by atoms with Gasteiger partial charge in [0.05, 0.1) is 30.9 Å². The van der Waals surface area contributed by atoms with Gasteiger partial charge in [0.2, 0.25) is 5.91 Å². The zero-order valence-electron chi connectivity index (χ0n) is 16.9. The lowest BCUT2D eigenvalue weighted by Crippen LogP contribution is -2.42. The lowest BCUT2D eigenvalue weighted by atomic mass is 10.1. The molecule has 0 saturated carbocycles. The van der Waals surface area contributed by atoms with Crippen LogP contribution >= 0.6 is 0 Å². The van der Waals surface area contributed by atoms with Crippen LogP contribution in [0.15, 0.2) is 39.9 Å². The molecule has 2 aromatic heterocycles. The molecule has 10 nitrogen and oxygen atoms in total. The highest BCUT2D eigenvalue weighted by molar-refractivity contribution is 6.02. The number of amides is 1. The molecule has 3 rings (SSSR count). The number of carbonyl (C=O) groups is 2. The van der Waals surface area contributed by atoms with E-state index in [0.29, 0.717) is 17.1 Å². The number of aromatic nitrogens is 3. The number of hydrogen-bond donors (Lipinski definition) is 1. The zero-order chi connectivity index (χ0) is 22.0. The summed E-state index contributed by atoms with van der Waals surface area (Å²) >= 11 is 0. The van der Waals surface area contributed by atoms with Crippen molar-refractivity contribution in [3.63, 3.8) is 0 Å². The molecule has 0 aliphatic heterocycles. The van der Waals surface area contributed by atoms with Gasteiger partial charge in [0.25, 0.3) is 5.56 Å². The van der Waals surface area contributed by atoms with Crippen LogP contribution in [0, 0.1) is 6.92 Å². The molecule has 156 valence electrons. The third kappa shape index (κ3) is 3.66. The van der Waals surface area contributed by atoms with E-state index in [9.17, 15) is 19.2 Å². The Morgan fingerprint density at radius 1 is 1.17 bits per heavy atom. The van der Waals surface area contributed by atoms with Crippen LogP contribution in [0.2, 0.25) is 0 Å². The number of esters is 1. The second-order valence-corrected chi connectivity index (χ2v) is 6.48. The van der Waals surface area contributed by atoms with Crippen LogP contribution < -0.4 is 21.3 Å². The van der Waals surface area contributed by atoms with Gasteiger partial charge >= 0.3 is 11.7 Å². The van der Waals surface area contributed by atoms with Crippen LogP contribution in [0.25, 0.3) is 11.0 Å². The van der Waals surface area contributed by atoms with Gasteiger partial charge in [0.15, 0.2) is 0 Å². The van der Waals surface area contributed by atoms with E-state index in [4.69, 9.17) is 9.47 Å². The Labute approximate surface area is 170 Å². The number of rotatable bonds is 5. The molecule has 1 amide bonds. The first-order valence-corrected chi connectivity index (χ1v) is 8.90. The number of nitrogens with zero attached hydrogens (tertiary/aromatic N) is 3. The molecule has 0 bridgehead atoms. The molecule has 0 atom stereocenters. The Morgan fingerprint density at radius 3 is 2.53 bits per heavy atom. The Hall–Kier alpha value is -3.95. The standard InChI is InChI=1S/C20H20N4O6/c1-11-9-12(19(27)30-4)16-17(21-11)23(2)20(28)24(18(16)26)10-15(25)22-13-7-5-6-8-14(13)29-3/h5-9H,10H2,1-4H3,(H,22,25). The first-order chi connectivity index (χ1) is 14.3. The third-order valence-corrected chi connectivity index (χ3v) is 4.51. The van der Waals surface area contributed by atoms with Crippen molar-refractivity contribution >= 4 is 28.6 Å². The van der Waals surface area contributed by atoms with Crippen LogP contribution in [0.5, 0.6) is 5.75 Å². The summed E-state index contributed by atoms with van der Waals surface area (Å²) in [5.74, 6) is -0.929. The molecule has 0 saturated heterocycles. The van der Waals surface area contributed by atoms with Gasteiger partial charge in [-0.25, -0.2) is 14.6 Å². The highest BCUT2D eigenvalue weighted by Gasteiger charge is 2.22. The normalized spacial score (nSPS) is 10.7. The number of methoxy groups -OCH3 is 2. The number of nitrogens with one attached hydrogen (secondary N) is 1. The topological polar surface area (TPSA) is 122 Å². The fourth-order valence-electron chi connectivity index (χ4n) is 3.10. The fraction of sp³-hybridized carbons (Fsp3) is 0.250. The molecule has 0 spiro atoms. The van der Waals surface area contributed by atoms with Crippen LogP contribution in [-0.4, -0.2) is 40.2 Å². The monoisotopic (exact) mass is 412 g/mol. The molecule has 0 unspecified atom stereocenters. The van der Waals surface area contributed by atoms with E-state index in [0.717, 1.165) is 9.13 Å². The predicted octanol–water partition coefficient (Wildman–Crippen LogP) is 0.838. The summed E-state index contributed by atoms with van der Waals surface area (Å²) in [7, 11) is 4.05. The molecule has 10 heteroatoms. The fourth-order valence-corrected chi connectivity index (χ4v) is 3.10. The molecule has 1 N–H and O–H groups in total. The summed E-state index contributed by atoms with van der Waals surface area (Å²) in [6.45, 7) is 1.07. The van der Waals surface area contributed by atoms with E-state index in [1.807, 2.05) is 0 Å². The smallest absolute Gasteiger partial charge is 0.338 e. The van der Waals surface area contributed by atoms with Gasteiger partial charge in [0, 0.05) is 12.7 Å². The van der Waals surface area contributed by atoms with E-state index in [1.165, 1.54) is 27.3 Å². The summed E-state index contributed by atoms with van der Waals surface area (Å²) < 4.78 is 11.8. The minimum atomic E-state index is -0.809. The van der Waals surface area contributed by atoms with E-state index < -0.39 is 29.7 Å². The molecule has 0 radical (unpaired) electrons. The lowest BCUT2D eigenvalue weighted by Gasteiger charge is -2.13. The molecule has 30 heavy (non-hydrogen) atoms. The van der Waals surface area contributed by atoms with Crippen LogP contribution in [0.1, 0.15) is 16.1 Å². The number of anilines is 1. The molecular formula is C20H20N4O6. The quantitative estimate of drug-likeness (QED) is 0.616. The number of pyridine rings is 1. The molecule has 0 aliphatic rings. The molecular weight excluding hydrogens is 392 g/mol. The number of hydrogen-bond acceptors (Lipinski definition) is 7. The maximum Gasteiger partial charge on any atom is 0.338 e. The summed E-state index contributed by atoms with van der Waals surface area (Å²) in [5.41, 5.74) is -0.716. The average Bonchev–Trinajstić information content (AvgIpc) is 2.74. The van der Waals surface area contributed by atoms with Crippen molar-refractivity contribution in [3.05, 3.63) is 62.4 Å². The molecule has 3 aromatic rings. The average molecular weight is 412 g/mol. The third-order valence-electron chi connectivity index (χ3n) is 4.51. The van der Waals surface area contributed by atoms with Crippen molar-refractivity contribution in [3.8, 4) is 5.75 Å². The van der Waals surface area contributed by atoms with Gasteiger partial charge < -0.3 is 14.8 Å². The molecule has 2 heterocycles. The van der Waals surface area contributed by atoms with Gasteiger partial charge in [-0.15, -0.1) is 0 Å². The number of benzene rings is 1. The Bertz CT molecular complexity index is 1270. The number of carbonyl (C=O) groups excluding carboxylic acids is 2. The first kappa shape index (κ1) is 20.8. The molecule has 0 aliphatic carbocycles. The van der Waals surface area contributed by atoms with Crippen LogP contribution in [-0.2, 0) is 23.1 Å². The van der Waals surface area contributed by atoms with Gasteiger partial charge in [-0.05, 0) is 25.1 Å². The largest absolute Gasteiger partial charge is 0.495 e. The summed E-state index contributed by atoms with van der Waals surface area (Å²) in [6.07, 6.45) is 0. The number of aryl methyl sites for hydroxylation is 2. The van der Waals surface area contributed by atoms with Crippen molar-refractivity contribution in [1.29, 1.82) is 0 Å². The van der Waals surface area contributed by atoms with Gasteiger partial charge in [-0.1, -0.05) is 12.1 Å². The van der Waals surface area contributed by atoms with Gasteiger partial charge in [-0.3, -0.25) is 18.7 Å². The summed E-state index contributed by atoms with van der Waals surface area (Å²) in [5, 5.41) is 2.51. The minimum absolute atomic E-state index is 0.0283. The lowest BCUT2D eigenvalue weighted by molar-refractivity contribution is -0.116. The summed E-state index contributed by atoms with van der Waals surface area (Å²) in [6, 6.07) is 8.13. The van der Waals surface area contributed by atoms with Crippen molar-refractivity contribution in [2.75, 3.05) is 19.5 Å². The molecule has 1 aromatic carbocycles. The second-order valence-electron chi connectivity index (χ2n) is 6.48. The van der Waals surface area contributed by atoms with Gasteiger partial charge in [0.1, 0.15) is 17.9 Å². The van der Waals surface area contributed by atoms with Gasteiger partial charge in [-0.2, -0.15) is 0 Å². The highest BCUT2D eigenvalue weighted by Crippen LogP contribution is 2.22. The van der Waals surface area contributed by atoms with E-state index >= 15 is 0 Å². The van der Waals surface area contributed by atoms with Crippen molar-refractivity contribution < 1.29 is 19.1 Å².